The van der Waals surface area contributed by atoms with Crippen LogP contribution in [-0.2, 0) is 7.05 Å². The molecule has 1 N–H and O–H groups in total. The van der Waals surface area contributed by atoms with E-state index in [0.29, 0.717) is 0 Å². The van der Waals surface area contributed by atoms with Crippen LogP contribution < -0.4 is 0 Å². The lowest BCUT2D eigenvalue weighted by molar-refractivity contribution is 0.115. The summed E-state index contributed by atoms with van der Waals surface area (Å²) in [5, 5.41) is 9.79. The Morgan fingerprint density at radius 1 is 1.69 bits per heavy atom. The monoisotopic (exact) mass is 180 g/mol. The number of aliphatic hydroxyl groups is 1. The van der Waals surface area contributed by atoms with E-state index >= 15 is 0 Å². The van der Waals surface area contributed by atoms with E-state index in [9.17, 15) is 5.11 Å². The molecule has 0 aromatic carbocycles. The Balaban J connectivity index is 1.92. The smallest absolute Gasteiger partial charge is 0.0977 e. The van der Waals surface area contributed by atoms with Gasteiger partial charge in [0.1, 0.15) is 0 Å². The SMILES string of the molecule is Cn1cnc(C(O)CC2CCC2)c1. The molecule has 1 unspecified atom stereocenters. The van der Waals surface area contributed by atoms with Gasteiger partial charge in [-0.2, -0.15) is 0 Å². The third-order valence-corrected chi connectivity index (χ3v) is 2.85. The van der Waals surface area contributed by atoms with Crippen molar-refractivity contribution >= 4 is 0 Å². The van der Waals surface area contributed by atoms with E-state index < -0.39 is 0 Å². The summed E-state index contributed by atoms with van der Waals surface area (Å²) in [6.07, 6.45) is 8.05. The van der Waals surface area contributed by atoms with E-state index in [-0.39, 0.29) is 6.10 Å². The number of hydrogen-bond donors (Lipinski definition) is 1. The maximum absolute atomic E-state index is 9.79. The molecule has 1 aromatic heterocycles. The lowest BCUT2D eigenvalue weighted by Gasteiger charge is -2.26. The first-order valence-corrected chi connectivity index (χ1v) is 4.91. The molecule has 3 heteroatoms. The Kier molecular flexibility index (Phi) is 2.36. The normalized spacial score (nSPS) is 19.8. The van der Waals surface area contributed by atoms with Crippen molar-refractivity contribution in [2.45, 2.75) is 31.8 Å². The number of aryl methyl sites for hydroxylation is 1. The summed E-state index contributed by atoms with van der Waals surface area (Å²) in [4.78, 5) is 4.14. The fourth-order valence-electron chi connectivity index (χ4n) is 1.77. The highest BCUT2D eigenvalue weighted by Gasteiger charge is 2.22. The van der Waals surface area contributed by atoms with Crippen molar-refractivity contribution in [2.24, 2.45) is 13.0 Å². The molecule has 72 valence electrons. The van der Waals surface area contributed by atoms with Gasteiger partial charge in [-0.25, -0.2) is 4.98 Å². The molecule has 0 aliphatic heterocycles. The second-order valence-corrected chi connectivity index (χ2v) is 4.01. The summed E-state index contributed by atoms with van der Waals surface area (Å²) in [5.74, 6) is 0.733. The van der Waals surface area contributed by atoms with Gasteiger partial charge in [0.25, 0.3) is 0 Å². The van der Waals surface area contributed by atoms with Crippen LogP contribution in [0.3, 0.4) is 0 Å². The van der Waals surface area contributed by atoms with Crippen LogP contribution >= 0.6 is 0 Å². The molecular formula is C10H16N2O. The van der Waals surface area contributed by atoms with Gasteiger partial charge in [-0.05, 0) is 12.3 Å². The van der Waals surface area contributed by atoms with E-state index in [1.165, 1.54) is 19.3 Å². The fourth-order valence-corrected chi connectivity index (χ4v) is 1.77. The molecule has 1 aliphatic carbocycles. The van der Waals surface area contributed by atoms with Crippen LogP contribution in [0, 0.1) is 5.92 Å². The average Bonchev–Trinajstić information content (AvgIpc) is 2.44. The van der Waals surface area contributed by atoms with Crippen LogP contribution in [0.1, 0.15) is 37.5 Å². The zero-order valence-electron chi connectivity index (χ0n) is 7.98. The van der Waals surface area contributed by atoms with Gasteiger partial charge < -0.3 is 9.67 Å². The van der Waals surface area contributed by atoms with E-state index in [1.54, 1.807) is 6.33 Å². The number of aromatic nitrogens is 2. The third-order valence-electron chi connectivity index (χ3n) is 2.85. The average molecular weight is 180 g/mol. The zero-order chi connectivity index (χ0) is 9.26. The zero-order valence-corrected chi connectivity index (χ0v) is 7.98. The minimum Gasteiger partial charge on any atom is -0.387 e. The lowest BCUT2D eigenvalue weighted by Crippen LogP contribution is -2.15. The quantitative estimate of drug-likeness (QED) is 0.768. The third kappa shape index (κ3) is 1.91. The van der Waals surface area contributed by atoms with E-state index in [2.05, 4.69) is 4.98 Å². The van der Waals surface area contributed by atoms with E-state index in [1.807, 2.05) is 17.8 Å². The predicted octanol–water partition coefficient (Wildman–Crippen LogP) is 1.64. The minimum absolute atomic E-state index is 0.355. The molecule has 13 heavy (non-hydrogen) atoms. The molecule has 1 aromatic rings. The summed E-state index contributed by atoms with van der Waals surface area (Å²) >= 11 is 0. The summed E-state index contributed by atoms with van der Waals surface area (Å²) in [6, 6.07) is 0. The van der Waals surface area contributed by atoms with Gasteiger partial charge in [-0.3, -0.25) is 0 Å². The number of imidazole rings is 1. The first-order chi connectivity index (χ1) is 6.25. The van der Waals surface area contributed by atoms with E-state index in [4.69, 9.17) is 0 Å². The topological polar surface area (TPSA) is 38.0 Å². The first kappa shape index (κ1) is 8.75. The van der Waals surface area contributed by atoms with Crippen molar-refractivity contribution in [1.29, 1.82) is 0 Å². The molecule has 1 fully saturated rings. The van der Waals surface area contributed by atoms with Gasteiger partial charge in [0.2, 0.25) is 0 Å². The second kappa shape index (κ2) is 3.50. The molecular weight excluding hydrogens is 164 g/mol. The van der Waals surface area contributed by atoms with Crippen LogP contribution in [0.4, 0.5) is 0 Å². The van der Waals surface area contributed by atoms with E-state index in [0.717, 1.165) is 18.0 Å². The first-order valence-electron chi connectivity index (χ1n) is 4.91. The highest BCUT2D eigenvalue weighted by Crippen LogP contribution is 2.34. The van der Waals surface area contributed by atoms with Crippen LogP contribution in [0.5, 0.6) is 0 Å². The van der Waals surface area contributed by atoms with Crippen molar-refractivity contribution in [3.8, 4) is 0 Å². The van der Waals surface area contributed by atoms with Gasteiger partial charge >= 0.3 is 0 Å². The highest BCUT2D eigenvalue weighted by atomic mass is 16.3. The van der Waals surface area contributed by atoms with Crippen molar-refractivity contribution in [1.82, 2.24) is 9.55 Å². The molecule has 1 atom stereocenters. The van der Waals surface area contributed by atoms with Crippen molar-refractivity contribution < 1.29 is 5.11 Å². The summed E-state index contributed by atoms with van der Waals surface area (Å²) in [7, 11) is 1.92. The van der Waals surface area contributed by atoms with Gasteiger partial charge in [0, 0.05) is 13.2 Å². The summed E-state index contributed by atoms with van der Waals surface area (Å²) in [6.45, 7) is 0. The molecule has 1 heterocycles. The Labute approximate surface area is 78.4 Å². The highest BCUT2D eigenvalue weighted by molar-refractivity contribution is 5.01. The second-order valence-electron chi connectivity index (χ2n) is 4.01. The van der Waals surface area contributed by atoms with Gasteiger partial charge in [0.05, 0.1) is 18.1 Å². The van der Waals surface area contributed by atoms with Crippen molar-refractivity contribution in [3.05, 3.63) is 18.2 Å². The number of aliphatic hydroxyl groups excluding tert-OH is 1. The minimum atomic E-state index is -0.355. The fraction of sp³-hybridized carbons (Fsp3) is 0.700. The predicted molar refractivity (Wildman–Crippen MR) is 50.1 cm³/mol. The molecule has 0 bridgehead atoms. The Morgan fingerprint density at radius 2 is 2.46 bits per heavy atom. The molecule has 0 amide bonds. The van der Waals surface area contributed by atoms with Gasteiger partial charge in [-0.1, -0.05) is 19.3 Å². The molecule has 0 spiro atoms. The van der Waals surface area contributed by atoms with Crippen LogP contribution in [-0.4, -0.2) is 14.7 Å². The van der Waals surface area contributed by atoms with Crippen LogP contribution in [0.25, 0.3) is 0 Å². The molecule has 1 saturated carbocycles. The van der Waals surface area contributed by atoms with Crippen molar-refractivity contribution in [3.63, 3.8) is 0 Å². The Bertz CT molecular complexity index is 278. The Hall–Kier alpha value is -0.830. The number of rotatable bonds is 3. The Morgan fingerprint density at radius 3 is 2.92 bits per heavy atom. The number of hydrogen-bond acceptors (Lipinski definition) is 2. The largest absolute Gasteiger partial charge is 0.387 e. The maximum Gasteiger partial charge on any atom is 0.0977 e. The summed E-state index contributed by atoms with van der Waals surface area (Å²) < 4.78 is 1.87. The molecule has 2 rings (SSSR count). The van der Waals surface area contributed by atoms with Crippen LogP contribution in [0.2, 0.25) is 0 Å². The van der Waals surface area contributed by atoms with Crippen LogP contribution in [0.15, 0.2) is 12.5 Å². The molecule has 3 nitrogen and oxygen atoms in total. The standard InChI is InChI=1S/C10H16N2O/c1-12-6-9(11-7-12)10(13)5-8-3-2-4-8/h6-8,10,13H,2-5H2,1H3. The molecule has 0 radical (unpaired) electrons. The summed E-state index contributed by atoms with van der Waals surface area (Å²) in [5.41, 5.74) is 0.814. The van der Waals surface area contributed by atoms with Gasteiger partial charge in [0.15, 0.2) is 0 Å². The van der Waals surface area contributed by atoms with Gasteiger partial charge in [-0.15, -0.1) is 0 Å². The molecule has 1 aliphatic rings. The molecule has 0 saturated heterocycles. The maximum atomic E-state index is 9.79. The van der Waals surface area contributed by atoms with Crippen molar-refractivity contribution in [2.75, 3.05) is 0 Å². The lowest BCUT2D eigenvalue weighted by atomic mass is 9.81. The number of nitrogens with zero attached hydrogens (tertiary/aromatic N) is 2.